The highest BCUT2D eigenvalue weighted by atomic mass is 32.1. The first-order valence-corrected chi connectivity index (χ1v) is 7.78. The quantitative estimate of drug-likeness (QED) is 0.841. The summed E-state index contributed by atoms with van der Waals surface area (Å²) in [5.41, 5.74) is 1.27. The topological polar surface area (TPSA) is 29.9 Å². The molecular weight excluding hydrogens is 254 g/mol. The molecule has 0 aliphatic heterocycles. The van der Waals surface area contributed by atoms with Gasteiger partial charge in [0.15, 0.2) is 0 Å². The predicted octanol–water partition coefficient (Wildman–Crippen LogP) is 3.38. The molecule has 4 heteroatoms. The van der Waals surface area contributed by atoms with Crippen LogP contribution < -0.4 is 5.32 Å². The van der Waals surface area contributed by atoms with Crippen LogP contribution in [0.2, 0.25) is 0 Å². The van der Waals surface area contributed by atoms with Crippen molar-refractivity contribution in [2.45, 2.75) is 52.7 Å². The van der Waals surface area contributed by atoms with E-state index < -0.39 is 0 Å². The van der Waals surface area contributed by atoms with Gasteiger partial charge in [-0.1, -0.05) is 6.92 Å². The monoisotopic (exact) mass is 277 g/mol. The molecule has 0 radical (unpaired) electrons. The number of rotatable bonds is 7. The van der Waals surface area contributed by atoms with Gasteiger partial charge in [-0.2, -0.15) is 0 Å². The summed E-state index contributed by atoms with van der Waals surface area (Å²) in [6, 6.07) is 4.92. The van der Waals surface area contributed by atoms with Crippen molar-refractivity contribution in [3.63, 3.8) is 0 Å². The largest absolute Gasteiger partial charge is 0.333 e. The van der Waals surface area contributed by atoms with Gasteiger partial charge in [0.25, 0.3) is 0 Å². The van der Waals surface area contributed by atoms with Gasteiger partial charge in [0.05, 0.1) is 12.0 Å². The van der Waals surface area contributed by atoms with Gasteiger partial charge in [0.2, 0.25) is 0 Å². The fourth-order valence-electron chi connectivity index (χ4n) is 2.19. The molecule has 2 aromatic heterocycles. The number of aryl methyl sites for hydroxylation is 2. The van der Waals surface area contributed by atoms with Crippen molar-refractivity contribution in [1.29, 1.82) is 0 Å². The molecule has 2 aromatic rings. The minimum atomic E-state index is 0.489. The molecule has 0 aliphatic rings. The van der Waals surface area contributed by atoms with Crippen molar-refractivity contribution in [3.8, 4) is 0 Å². The van der Waals surface area contributed by atoms with Crippen molar-refractivity contribution < 1.29 is 0 Å². The maximum absolute atomic E-state index is 4.23. The summed E-state index contributed by atoms with van der Waals surface area (Å²) >= 11 is 1.89. The number of imidazole rings is 1. The van der Waals surface area contributed by atoms with E-state index in [4.69, 9.17) is 0 Å². The molecule has 0 fully saturated rings. The second-order valence-corrected chi connectivity index (χ2v) is 6.45. The molecular formula is C15H23N3S. The van der Waals surface area contributed by atoms with E-state index in [9.17, 15) is 0 Å². The summed E-state index contributed by atoms with van der Waals surface area (Å²) in [6.07, 6.45) is 6.13. The van der Waals surface area contributed by atoms with E-state index >= 15 is 0 Å². The average Bonchev–Trinajstić information content (AvgIpc) is 2.97. The minimum Gasteiger partial charge on any atom is -0.333 e. The Morgan fingerprint density at radius 2 is 2.26 bits per heavy atom. The highest BCUT2D eigenvalue weighted by Gasteiger charge is 2.07. The second kappa shape index (κ2) is 6.87. The Kier molecular flexibility index (Phi) is 5.16. The number of thiophene rings is 1. The van der Waals surface area contributed by atoms with Crippen LogP contribution >= 0.6 is 11.3 Å². The van der Waals surface area contributed by atoms with E-state index in [1.165, 1.54) is 15.4 Å². The number of hydrogen-bond donors (Lipinski definition) is 1. The lowest BCUT2D eigenvalue weighted by molar-refractivity contribution is 0.524. The maximum Gasteiger partial charge on any atom is 0.0948 e. The van der Waals surface area contributed by atoms with Crippen LogP contribution in [0.1, 0.15) is 35.7 Å². The Balaban J connectivity index is 1.82. The van der Waals surface area contributed by atoms with Gasteiger partial charge in [-0.15, -0.1) is 11.3 Å². The highest BCUT2D eigenvalue weighted by Crippen LogP contribution is 2.16. The van der Waals surface area contributed by atoms with Gasteiger partial charge in [0.1, 0.15) is 0 Å². The van der Waals surface area contributed by atoms with E-state index in [0.717, 1.165) is 25.9 Å². The minimum absolute atomic E-state index is 0.489. The highest BCUT2D eigenvalue weighted by molar-refractivity contribution is 7.11. The maximum atomic E-state index is 4.23. The molecule has 1 unspecified atom stereocenters. The molecule has 2 heterocycles. The van der Waals surface area contributed by atoms with Gasteiger partial charge in [-0.3, -0.25) is 0 Å². The van der Waals surface area contributed by atoms with Crippen LogP contribution in [0, 0.1) is 6.92 Å². The Morgan fingerprint density at radius 1 is 1.42 bits per heavy atom. The van der Waals surface area contributed by atoms with E-state index in [-0.39, 0.29) is 0 Å². The zero-order chi connectivity index (χ0) is 13.7. The van der Waals surface area contributed by atoms with Crippen molar-refractivity contribution >= 4 is 11.3 Å². The van der Waals surface area contributed by atoms with Gasteiger partial charge in [0, 0.05) is 35.1 Å². The third-order valence-electron chi connectivity index (χ3n) is 3.20. The van der Waals surface area contributed by atoms with Crippen molar-refractivity contribution in [3.05, 3.63) is 40.1 Å². The Bertz CT molecular complexity index is 501. The number of aromatic nitrogens is 2. The van der Waals surface area contributed by atoms with E-state index in [2.05, 4.69) is 47.8 Å². The molecule has 19 heavy (non-hydrogen) atoms. The normalized spacial score (nSPS) is 12.8. The molecule has 0 spiro atoms. The molecule has 0 aliphatic carbocycles. The van der Waals surface area contributed by atoms with E-state index in [1.54, 1.807) is 0 Å². The van der Waals surface area contributed by atoms with Crippen molar-refractivity contribution in [1.82, 2.24) is 14.9 Å². The molecule has 2 rings (SSSR count). The van der Waals surface area contributed by atoms with E-state index in [0.29, 0.717) is 6.04 Å². The SMILES string of the molecule is CCCn1cncc1CNC(C)Cc1ccc(C)s1. The van der Waals surface area contributed by atoms with Crippen LogP contribution in [0.4, 0.5) is 0 Å². The molecule has 0 saturated carbocycles. The molecule has 0 bridgehead atoms. The van der Waals surface area contributed by atoms with Gasteiger partial charge < -0.3 is 9.88 Å². The lowest BCUT2D eigenvalue weighted by Crippen LogP contribution is -2.28. The summed E-state index contributed by atoms with van der Waals surface area (Å²) in [5, 5.41) is 3.59. The summed E-state index contributed by atoms with van der Waals surface area (Å²) in [6.45, 7) is 8.55. The first-order chi connectivity index (χ1) is 9.19. The summed E-state index contributed by atoms with van der Waals surface area (Å²) in [7, 11) is 0. The third kappa shape index (κ3) is 4.18. The zero-order valence-corrected chi connectivity index (χ0v) is 12.8. The summed E-state index contributed by atoms with van der Waals surface area (Å²) < 4.78 is 2.23. The number of nitrogens with zero attached hydrogens (tertiary/aromatic N) is 2. The average molecular weight is 277 g/mol. The van der Waals surface area contributed by atoms with Crippen LogP contribution in [0.25, 0.3) is 0 Å². The Hall–Kier alpha value is -1.13. The standard InChI is InChI=1S/C15H23N3S/c1-4-7-18-11-16-9-14(18)10-17-12(2)8-15-6-5-13(3)19-15/h5-6,9,11-12,17H,4,7-8,10H2,1-3H3. The smallest absolute Gasteiger partial charge is 0.0948 e. The van der Waals surface area contributed by atoms with Crippen LogP contribution in [0.5, 0.6) is 0 Å². The first-order valence-electron chi connectivity index (χ1n) is 6.96. The second-order valence-electron chi connectivity index (χ2n) is 5.08. The van der Waals surface area contributed by atoms with Crippen molar-refractivity contribution in [2.24, 2.45) is 0 Å². The molecule has 104 valence electrons. The fraction of sp³-hybridized carbons (Fsp3) is 0.533. The number of hydrogen-bond acceptors (Lipinski definition) is 3. The van der Waals surface area contributed by atoms with Gasteiger partial charge >= 0.3 is 0 Å². The fourth-order valence-corrected chi connectivity index (χ4v) is 3.20. The zero-order valence-electron chi connectivity index (χ0n) is 12.0. The molecule has 1 N–H and O–H groups in total. The van der Waals surface area contributed by atoms with Gasteiger partial charge in [-0.05, 0) is 38.8 Å². The molecule has 1 atom stereocenters. The van der Waals surface area contributed by atoms with E-state index in [1.807, 2.05) is 23.9 Å². The molecule has 0 saturated heterocycles. The lowest BCUT2D eigenvalue weighted by Gasteiger charge is -2.14. The molecule has 3 nitrogen and oxygen atoms in total. The first kappa shape index (κ1) is 14.3. The predicted molar refractivity (Wildman–Crippen MR) is 81.6 cm³/mol. The number of nitrogens with one attached hydrogen (secondary N) is 1. The van der Waals surface area contributed by atoms with Crippen LogP contribution in [-0.4, -0.2) is 15.6 Å². The summed E-state index contributed by atoms with van der Waals surface area (Å²) in [5.74, 6) is 0. The third-order valence-corrected chi connectivity index (χ3v) is 4.22. The summed E-state index contributed by atoms with van der Waals surface area (Å²) in [4.78, 5) is 7.08. The van der Waals surface area contributed by atoms with Gasteiger partial charge in [-0.25, -0.2) is 4.98 Å². The lowest BCUT2D eigenvalue weighted by atomic mass is 10.2. The van der Waals surface area contributed by atoms with Crippen LogP contribution in [0.3, 0.4) is 0 Å². The Labute approximate surface area is 119 Å². The molecule has 0 amide bonds. The Morgan fingerprint density at radius 3 is 2.95 bits per heavy atom. The van der Waals surface area contributed by atoms with Crippen LogP contribution in [-0.2, 0) is 19.5 Å². The molecule has 0 aromatic carbocycles. The van der Waals surface area contributed by atoms with Crippen LogP contribution in [0.15, 0.2) is 24.7 Å². The van der Waals surface area contributed by atoms with Crippen molar-refractivity contribution in [2.75, 3.05) is 0 Å².